The van der Waals surface area contributed by atoms with E-state index in [4.69, 9.17) is 9.15 Å². The molecular formula is C16H20O6. The van der Waals surface area contributed by atoms with Crippen LogP contribution < -0.4 is 10.2 Å². The van der Waals surface area contributed by atoms with Crippen molar-refractivity contribution in [1.82, 2.24) is 0 Å². The zero-order valence-electron chi connectivity index (χ0n) is 13.0. The lowest BCUT2D eigenvalue weighted by Gasteiger charge is -2.25. The molecule has 1 aromatic heterocycles. The Labute approximate surface area is 127 Å². The van der Waals surface area contributed by atoms with Crippen LogP contribution in [0, 0.1) is 6.92 Å². The monoisotopic (exact) mass is 308 g/mol. The van der Waals surface area contributed by atoms with Crippen LogP contribution in [0.1, 0.15) is 25.2 Å². The molecule has 0 spiro atoms. The lowest BCUT2D eigenvalue weighted by molar-refractivity contribution is -0.0470. The molecule has 0 aliphatic carbocycles. The third-order valence-corrected chi connectivity index (χ3v) is 3.60. The number of hydrogen-bond acceptors (Lipinski definition) is 6. The number of fused-ring (bicyclic) bond motifs is 1. The fourth-order valence-electron chi connectivity index (χ4n) is 2.28. The van der Waals surface area contributed by atoms with Crippen molar-refractivity contribution in [2.75, 3.05) is 7.11 Å². The molecule has 6 nitrogen and oxygen atoms in total. The van der Waals surface area contributed by atoms with Crippen LogP contribution in [-0.2, 0) is 6.42 Å². The zero-order valence-corrected chi connectivity index (χ0v) is 13.0. The van der Waals surface area contributed by atoms with E-state index in [0.717, 1.165) is 0 Å². The first-order valence-electron chi connectivity index (χ1n) is 6.89. The minimum absolute atomic E-state index is 0.00977. The van der Waals surface area contributed by atoms with Gasteiger partial charge in [-0.15, -0.1) is 0 Å². The Morgan fingerprint density at radius 1 is 1.36 bits per heavy atom. The number of aliphatic hydroxyl groups is 2. The van der Waals surface area contributed by atoms with Crippen molar-refractivity contribution in [1.29, 1.82) is 0 Å². The van der Waals surface area contributed by atoms with Gasteiger partial charge in [0.1, 0.15) is 28.2 Å². The van der Waals surface area contributed by atoms with Gasteiger partial charge in [0, 0.05) is 24.1 Å². The second-order valence-corrected chi connectivity index (χ2v) is 5.88. The predicted molar refractivity (Wildman–Crippen MR) is 81.4 cm³/mol. The molecule has 22 heavy (non-hydrogen) atoms. The fraction of sp³-hybridized carbons (Fsp3) is 0.438. The largest absolute Gasteiger partial charge is 0.507 e. The summed E-state index contributed by atoms with van der Waals surface area (Å²) < 4.78 is 10.8. The number of rotatable bonds is 4. The van der Waals surface area contributed by atoms with E-state index >= 15 is 0 Å². The van der Waals surface area contributed by atoms with Crippen LogP contribution >= 0.6 is 0 Å². The summed E-state index contributed by atoms with van der Waals surface area (Å²) in [7, 11) is 1.41. The number of methoxy groups -OCH3 is 1. The molecule has 120 valence electrons. The number of aliphatic hydroxyl groups excluding tert-OH is 1. The summed E-state index contributed by atoms with van der Waals surface area (Å²) in [4.78, 5) is 12.1. The van der Waals surface area contributed by atoms with E-state index < -0.39 is 11.7 Å². The number of phenolic OH excluding ortho intramolecular Hbond substituents is 1. The molecule has 1 aromatic carbocycles. The Morgan fingerprint density at radius 2 is 2.00 bits per heavy atom. The molecule has 0 radical (unpaired) electrons. The van der Waals surface area contributed by atoms with Gasteiger partial charge in [-0.1, -0.05) is 0 Å². The Hall–Kier alpha value is -2.05. The predicted octanol–water partition coefficient (Wildman–Crippen LogP) is 1.49. The van der Waals surface area contributed by atoms with Crippen LogP contribution in [0.4, 0.5) is 0 Å². The second kappa shape index (κ2) is 5.62. The van der Waals surface area contributed by atoms with Crippen molar-refractivity contribution in [3.8, 4) is 11.5 Å². The summed E-state index contributed by atoms with van der Waals surface area (Å²) in [5.74, 6) is 0.410. The fourth-order valence-corrected chi connectivity index (χ4v) is 2.28. The molecule has 6 heteroatoms. The molecule has 0 bridgehead atoms. The van der Waals surface area contributed by atoms with Crippen molar-refractivity contribution in [3.05, 3.63) is 33.7 Å². The number of phenols is 1. The van der Waals surface area contributed by atoms with Crippen molar-refractivity contribution in [2.45, 2.75) is 38.9 Å². The maximum Gasteiger partial charge on any atom is 0.196 e. The summed E-state index contributed by atoms with van der Waals surface area (Å²) in [5, 5.41) is 30.1. The van der Waals surface area contributed by atoms with Gasteiger partial charge in [0.25, 0.3) is 0 Å². The van der Waals surface area contributed by atoms with E-state index in [-0.39, 0.29) is 34.3 Å². The summed E-state index contributed by atoms with van der Waals surface area (Å²) >= 11 is 0. The highest BCUT2D eigenvalue weighted by Crippen LogP contribution is 2.35. The topological polar surface area (TPSA) is 100 Å². The molecule has 0 unspecified atom stereocenters. The standard InChI is InChI=1S/C16H20O6/c1-8-5-10(17)14-11(18)7-12(21-4)9(15(14)22-8)6-13(19)16(2,3)20/h5,7,13,18-20H,6H2,1-4H3/t13-/m1/s1. The van der Waals surface area contributed by atoms with E-state index in [9.17, 15) is 20.1 Å². The zero-order chi connectivity index (χ0) is 16.7. The molecule has 0 saturated heterocycles. The van der Waals surface area contributed by atoms with Crippen LogP contribution in [0.5, 0.6) is 11.5 Å². The van der Waals surface area contributed by atoms with Gasteiger partial charge in [0.15, 0.2) is 5.43 Å². The molecule has 2 rings (SSSR count). The summed E-state index contributed by atoms with van der Waals surface area (Å²) in [6, 6.07) is 2.59. The van der Waals surface area contributed by atoms with Gasteiger partial charge in [-0.2, -0.15) is 0 Å². The Kier molecular flexibility index (Phi) is 4.17. The maximum atomic E-state index is 12.1. The van der Waals surface area contributed by atoms with Crippen molar-refractivity contribution in [2.24, 2.45) is 0 Å². The van der Waals surface area contributed by atoms with Crippen LogP contribution in [0.25, 0.3) is 11.0 Å². The number of aromatic hydroxyl groups is 1. The molecular weight excluding hydrogens is 288 g/mol. The Morgan fingerprint density at radius 3 is 2.55 bits per heavy atom. The highest BCUT2D eigenvalue weighted by Gasteiger charge is 2.28. The SMILES string of the molecule is COc1cc(O)c2c(=O)cc(C)oc2c1C[C@@H](O)C(C)(C)O. The van der Waals surface area contributed by atoms with Gasteiger partial charge < -0.3 is 24.5 Å². The Bertz CT molecular complexity index is 754. The molecule has 1 atom stereocenters. The first kappa shape index (κ1) is 16.3. The summed E-state index contributed by atoms with van der Waals surface area (Å²) in [5.41, 5.74) is -1.13. The molecule has 0 aliphatic heterocycles. The normalized spacial score (nSPS) is 13.4. The minimum Gasteiger partial charge on any atom is -0.507 e. The van der Waals surface area contributed by atoms with E-state index in [1.807, 2.05) is 0 Å². The van der Waals surface area contributed by atoms with Crippen LogP contribution in [0.3, 0.4) is 0 Å². The van der Waals surface area contributed by atoms with Gasteiger partial charge in [-0.25, -0.2) is 0 Å². The maximum absolute atomic E-state index is 12.1. The van der Waals surface area contributed by atoms with E-state index in [2.05, 4.69) is 0 Å². The lowest BCUT2D eigenvalue weighted by atomic mass is 9.93. The van der Waals surface area contributed by atoms with Crippen molar-refractivity contribution < 1.29 is 24.5 Å². The smallest absolute Gasteiger partial charge is 0.196 e. The van der Waals surface area contributed by atoms with Gasteiger partial charge in [0.05, 0.1) is 18.8 Å². The molecule has 3 N–H and O–H groups in total. The number of aryl methyl sites for hydroxylation is 1. The van der Waals surface area contributed by atoms with Gasteiger partial charge in [-0.3, -0.25) is 4.79 Å². The second-order valence-electron chi connectivity index (χ2n) is 5.88. The van der Waals surface area contributed by atoms with Gasteiger partial charge in [0.2, 0.25) is 0 Å². The molecule has 1 heterocycles. The average Bonchev–Trinajstić information content (AvgIpc) is 2.39. The highest BCUT2D eigenvalue weighted by atomic mass is 16.5. The van der Waals surface area contributed by atoms with E-state index in [0.29, 0.717) is 11.3 Å². The number of hydrogen-bond donors (Lipinski definition) is 3. The van der Waals surface area contributed by atoms with Gasteiger partial charge >= 0.3 is 0 Å². The molecule has 0 saturated carbocycles. The first-order valence-corrected chi connectivity index (χ1v) is 6.89. The van der Waals surface area contributed by atoms with Crippen molar-refractivity contribution >= 4 is 11.0 Å². The van der Waals surface area contributed by atoms with Crippen LogP contribution in [0.15, 0.2) is 21.3 Å². The quantitative estimate of drug-likeness (QED) is 0.791. The lowest BCUT2D eigenvalue weighted by Crippen LogP contribution is -2.37. The Balaban J connectivity index is 2.75. The molecule has 0 fully saturated rings. The summed E-state index contributed by atoms with van der Waals surface area (Å²) in [6.07, 6.45) is -1.09. The average molecular weight is 308 g/mol. The number of benzene rings is 1. The van der Waals surface area contributed by atoms with E-state index in [1.54, 1.807) is 6.92 Å². The third kappa shape index (κ3) is 2.93. The van der Waals surface area contributed by atoms with E-state index in [1.165, 1.54) is 33.1 Å². The van der Waals surface area contributed by atoms with Crippen LogP contribution in [-0.4, -0.2) is 34.1 Å². The molecule has 2 aromatic rings. The number of ether oxygens (including phenoxy) is 1. The summed E-state index contributed by atoms with van der Waals surface area (Å²) in [6.45, 7) is 4.58. The molecule has 0 aliphatic rings. The highest BCUT2D eigenvalue weighted by molar-refractivity contribution is 5.88. The minimum atomic E-state index is -1.33. The third-order valence-electron chi connectivity index (χ3n) is 3.60. The van der Waals surface area contributed by atoms with Crippen LogP contribution in [0.2, 0.25) is 0 Å². The first-order chi connectivity index (χ1) is 10.1. The molecule has 0 amide bonds. The van der Waals surface area contributed by atoms with Gasteiger partial charge in [-0.05, 0) is 20.8 Å². The van der Waals surface area contributed by atoms with Crippen molar-refractivity contribution in [3.63, 3.8) is 0 Å².